The van der Waals surface area contributed by atoms with Crippen LogP contribution in [-0.4, -0.2) is 59.2 Å². The minimum Gasteiger partial charge on any atom is -0.334 e. The lowest BCUT2D eigenvalue weighted by atomic mass is 9.94. The third kappa shape index (κ3) is 4.05. The highest BCUT2D eigenvalue weighted by molar-refractivity contribution is 6.22. The van der Waals surface area contributed by atoms with Gasteiger partial charge in [-0.05, 0) is 50.4 Å². The molecule has 1 aromatic rings. The maximum atomic E-state index is 13.2. The van der Waals surface area contributed by atoms with Gasteiger partial charge in [0.1, 0.15) is 0 Å². The second-order valence-electron chi connectivity index (χ2n) is 8.18. The van der Waals surface area contributed by atoms with Gasteiger partial charge < -0.3 is 10.2 Å². The number of rotatable bonds is 5. The number of carbonyl (C=O) groups is 3. The third-order valence-electron chi connectivity index (χ3n) is 6.31. The Bertz CT molecular complexity index is 786. The predicted octanol–water partition coefficient (Wildman–Crippen LogP) is 3.25. The van der Waals surface area contributed by atoms with Gasteiger partial charge in [-0.3, -0.25) is 19.3 Å². The first-order valence-corrected chi connectivity index (χ1v) is 10.7. The highest BCUT2D eigenvalue weighted by atomic mass is 35.5. The van der Waals surface area contributed by atoms with Gasteiger partial charge in [-0.15, -0.1) is 12.4 Å². The Kier molecular flexibility index (Phi) is 6.96. The summed E-state index contributed by atoms with van der Waals surface area (Å²) in [5.41, 5.74) is 1.34. The van der Waals surface area contributed by atoms with Gasteiger partial charge in [0.15, 0.2) is 0 Å². The van der Waals surface area contributed by atoms with Crippen molar-refractivity contribution in [1.82, 2.24) is 15.1 Å². The van der Waals surface area contributed by atoms with Crippen molar-refractivity contribution in [3.63, 3.8) is 0 Å². The van der Waals surface area contributed by atoms with Crippen LogP contribution in [0.25, 0.3) is 0 Å². The molecule has 3 aliphatic rings. The molecule has 0 aromatic heterocycles. The van der Waals surface area contributed by atoms with Crippen LogP contribution in [0.15, 0.2) is 18.2 Å². The Balaban J connectivity index is 0.00000240. The SMILES string of the molecule is CCCN(C(=O)c1ccc2c(c1)C(=O)N(C1CCCCC1)C2=O)C1CCNC1.Cl. The molecule has 0 spiro atoms. The highest BCUT2D eigenvalue weighted by Gasteiger charge is 2.40. The van der Waals surface area contributed by atoms with E-state index in [-0.39, 0.29) is 42.2 Å². The average molecular weight is 420 g/mol. The molecule has 29 heavy (non-hydrogen) atoms. The lowest BCUT2D eigenvalue weighted by molar-refractivity contribution is 0.0548. The standard InChI is InChI=1S/C22H29N3O3.ClH/c1-2-12-24(17-10-11-23-14-17)20(26)15-8-9-18-19(13-15)22(28)25(21(18)27)16-6-4-3-5-7-16;/h8-9,13,16-17,23H,2-7,10-12,14H2,1H3;1H. The molecule has 2 fully saturated rings. The number of benzene rings is 1. The first-order chi connectivity index (χ1) is 13.6. The van der Waals surface area contributed by atoms with E-state index in [2.05, 4.69) is 12.2 Å². The fraction of sp³-hybridized carbons (Fsp3) is 0.591. The Morgan fingerprint density at radius 1 is 1.10 bits per heavy atom. The molecular formula is C22H30ClN3O3. The van der Waals surface area contributed by atoms with E-state index < -0.39 is 0 Å². The number of imide groups is 1. The predicted molar refractivity (Wildman–Crippen MR) is 114 cm³/mol. The molecule has 1 aromatic carbocycles. The van der Waals surface area contributed by atoms with E-state index in [1.807, 2.05) is 4.90 Å². The van der Waals surface area contributed by atoms with Gasteiger partial charge in [-0.25, -0.2) is 0 Å². The minimum absolute atomic E-state index is 0. The second kappa shape index (κ2) is 9.26. The van der Waals surface area contributed by atoms with Crippen molar-refractivity contribution in [2.75, 3.05) is 19.6 Å². The van der Waals surface area contributed by atoms with E-state index >= 15 is 0 Å². The van der Waals surface area contributed by atoms with E-state index in [0.29, 0.717) is 23.2 Å². The Labute approximate surface area is 178 Å². The van der Waals surface area contributed by atoms with Gasteiger partial charge in [0.05, 0.1) is 11.1 Å². The molecule has 2 heterocycles. The van der Waals surface area contributed by atoms with Crippen LogP contribution in [0, 0.1) is 0 Å². The first kappa shape index (κ1) is 21.8. The Morgan fingerprint density at radius 2 is 1.83 bits per heavy atom. The van der Waals surface area contributed by atoms with Crippen LogP contribution < -0.4 is 5.32 Å². The Hall–Kier alpha value is -1.92. The monoisotopic (exact) mass is 419 g/mol. The van der Waals surface area contributed by atoms with Crippen molar-refractivity contribution in [2.24, 2.45) is 0 Å². The van der Waals surface area contributed by atoms with Crippen LogP contribution in [0.4, 0.5) is 0 Å². The summed E-state index contributed by atoms with van der Waals surface area (Å²) in [6.45, 7) is 4.49. The number of halogens is 1. The van der Waals surface area contributed by atoms with Gasteiger partial charge in [0, 0.05) is 30.7 Å². The van der Waals surface area contributed by atoms with Crippen LogP contribution in [0.1, 0.15) is 82.9 Å². The van der Waals surface area contributed by atoms with Crippen molar-refractivity contribution in [2.45, 2.75) is 64.0 Å². The molecule has 1 N–H and O–H groups in total. The van der Waals surface area contributed by atoms with Crippen LogP contribution in [-0.2, 0) is 0 Å². The molecule has 158 valence electrons. The lowest BCUT2D eigenvalue weighted by Crippen LogP contribution is -2.42. The normalized spacial score (nSPS) is 21.8. The van der Waals surface area contributed by atoms with Gasteiger partial charge >= 0.3 is 0 Å². The summed E-state index contributed by atoms with van der Waals surface area (Å²) in [4.78, 5) is 42.4. The van der Waals surface area contributed by atoms with Crippen LogP contribution in [0.5, 0.6) is 0 Å². The zero-order valence-electron chi connectivity index (χ0n) is 17.0. The topological polar surface area (TPSA) is 69.7 Å². The van der Waals surface area contributed by atoms with Gasteiger partial charge in [0.25, 0.3) is 17.7 Å². The number of hydrogen-bond donors (Lipinski definition) is 1. The second-order valence-corrected chi connectivity index (χ2v) is 8.18. The van der Waals surface area contributed by atoms with Crippen LogP contribution in [0.3, 0.4) is 0 Å². The molecule has 0 radical (unpaired) electrons. The minimum atomic E-state index is -0.230. The van der Waals surface area contributed by atoms with Gasteiger partial charge in [-0.1, -0.05) is 26.2 Å². The fourth-order valence-electron chi connectivity index (χ4n) is 4.83. The van der Waals surface area contributed by atoms with E-state index in [1.165, 1.54) is 11.3 Å². The number of amides is 3. The number of fused-ring (bicyclic) bond motifs is 1. The molecule has 1 aliphatic carbocycles. The van der Waals surface area contributed by atoms with Crippen molar-refractivity contribution >= 4 is 30.1 Å². The summed E-state index contributed by atoms with van der Waals surface area (Å²) >= 11 is 0. The number of carbonyl (C=O) groups excluding carboxylic acids is 3. The molecule has 1 unspecified atom stereocenters. The number of nitrogens with one attached hydrogen (secondary N) is 1. The van der Waals surface area contributed by atoms with Crippen LogP contribution >= 0.6 is 12.4 Å². The molecule has 6 nitrogen and oxygen atoms in total. The maximum absolute atomic E-state index is 13.2. The smallest absolute Gasteiger partial charge is 0.261 e. The molecule has 1 atom stereocenters. The summed E-state index contributed by atoms with van der Waals surface area (Å²) in [5, 5.41) is 3.31. The van der Waals surface area contributed by atoms with Crippen molar-refractivity contribution in [1.29, 1.82) is 0 Å². The summed E-state index contributed by atoms with van der Waals surface area (Å²) in [6.07, 6.45) is 6.89. The highest BCUT2D eigenvalue weighted by Crippen LogP contribution is 2.31. The summed E-state index contributed by atoms with van der Waals surface area (Å²) < 4.78 is 0. The zero-order valence-corrected chi connectivity index (χ0v) is 17.8. The average Bonchev–Trinajstić information content (AvgIpc) is 3.33. The first-order valence-electron chi connectivity index (χ1n) is 10.7. The van der Waals surface area contributed by atoms with Crippen molar-refractivity contribution in [3.8, 4) is 0 Å². The fourth-order valence-corrected chi connectivity index (χ4v) is 4.83. The van der Waals surface area contributed by atoms with Gasteiger partial charge in [-0.2, -0.15) is 0 Å². The zero-order chi connectivity index (χ0) is 19.7. The third-order valence-corrected chi connectivity index (χ3v) is 6.31. The van der Waals surface area contributed by atoms with Crippen molar-refractivity contribution < 1.29 is 14.4 Å². The van der Waals surface area contributed by atoms with E-state index in [4.69, 9.17) is 0 Å². The number of nitrogens with zero attached hydrogens (tertiary/aromatic N) is 2. The molecule has 2 aliphatic heterocycles. The molecule has 1 saturated carbocycles. The number of hydrogen-bond acceptors (Lipinski definition) is 4. The largest absolute Gasteiger partial charge is 0.334 e. The molecular weight excluding hydrogens is 390 g/mol. The molecule has 3 amide bonds. The molecule has 4 rings (SSSR count). The van der Waals surface area contributed by atoms with Gasteiger partial charge in [0.2, 0.25) is 0 Å². The van der Waals surface area contributed by atoms with Crippen molar-refractivity contribution in [3.05, 3.63) is 34.9 Å². The maximum Gasteiger partial charge on any atom is 0.261 e. The Morgan fingerprint density at radius 3 is 2.48 bits per heavy atom. The summed E-state index contributed by atoms with van der Waals surface area (Å²) in [6, 6.07) is 5.22. The summed E-state index contributed by atoms with van der Waals surface area (Å²) in [5.74, 6) is -0.475. The molecule has 0 bridgehead atoms. The van der Waals surface area contributed by atoms with E-state index in [1.54, 1.807) is 18.2 Å². The molecule has 7 heteroatoms. The molecule has 1 saturated heterocycles. The summed E-state index contributed by atoms with van der Waals surface area (Å²) in [7, 11) is 0. The quantitative estimate of drug-likeness (QED) is 0.744. The van der Waals surface area contributed by atoms with E-state index in [9.17, 15) is 14.4 Å². The van der Waals surface area contributed by atoms with E-state index in [0.717, 1.165) is 51.6 Å². The lowest BCUT2D eigenvalue weighted by Gasteiger charge is -2.29. The van der Waals surface area contributed by atoms with Crippen LogP contribution in [0.2, 0.25) is 0 Å².